The minimum atomic E-state index is -3.57. The average molecular weight is 361 g/mol. The molecule has 0 aromatic heterocycles. The Morgan fingerprint density at radius 3 is 2.30 bits per heavy atom. The van der Waals surface area contributed by atoms with Crippen molar-refractivity contribution in [3.05, 3.63) is 22.7 Å². The van der Waals surface area contributed by atoms with Gasteiger partial charge in [0.15, 0.2) is 0 Å². The molecule has 1 aliphatic carbocycles. The van der Waals surface area contributed by atoms with Crippen LogP contribution in [0.1, 0.15) is 27.7 Å². The van der Waals surface area contributed by atoms with E-state index < -0.39 is 10.0 Å². The van der Waals surface area contributed by atoms with Gasteiger partial charge in [0.2, 0.25) is 10.0 Å². The molecule has 0 radical (unpaired) electrons. The molecule has 1 saturated carbocycles. The highest BCUT2D eigenvalue weighted by atomic mass is 79.9. The number of sulfonamides is 1. The molecule has 0 aliphatic heterocycles. The first-order chi connectivity index (χ1) is 9.00. The summed E-state index contributed by atoms with van der Waals surface area (Å²) in [6.45, 7) is 9.10. The van der Waals surface area contributed by atoms with Crippen LogP contribution in [0.4, 0.5) is 5.69 Å². The first-order valence-electron chi connectivity index (χ1n) is 6.55. The van der Waals surface area contributed by atoms with Crippen LogP contribution in [0.2, 0.25) is 0 Å². The van der Waals surface area contributed by atoms with Gasteiger partial charge in [0.25, 0.3) is 0 Å². The minimum absolute atomic E-state index is 0.128. The van der Waals surface area contributed by atoms with E-state index in [0.717, 1.165) is 0 Å². The summed E-state index contributed by atoms with van der Waals surface area (Å²) in [5.74, 6) is 0.332. The van der Waals surface area contributed by atoms with E-state index >= 15 is 0 Å². The summed E-state index contributed by atoms with van der Waals surface area (Å²) in [5.41, 5.74) is 6.33. The number of nitrogens with one attached hydrogen (secondary N) is 1. The van der Waals surface area contributed by atoms with E-state index in [1.54, 1.807) is 12.1 Å². The van der Waals surface area contributed by atoms with E-state index in [1.807, 2.05) is 0 Å². The standard InChI is InChI=1S/C14H21BrN2O2S/c1-13(2)12(14(13,3)4)8-17-20(18,19)11-7-9(15)5-6-10(11)16/h5-7,12,17H,8,16H2,1-4H3. The van der Waals surface area contributed by atoms with Gasteiger partial charge < -0.3 is 5.73 Å². The molecule has 1 aromatic rings. The second kappa shape index (κ2) is 4.71. The summed E-state index contributed by atoms with van der Waals surface area (Å²) in [5, 5.41) is 0. The molecule has 0 bridgehead atoms. The first-order valence-corrected chi connectivity index (χ1v) is 8.82. The highest BCUT2D eigenvalue weighted by molar-refractivity contribution is 9.10. The van der Waals surface area contributed by atoms with E-state index in [4.69, 9.17) is 5.73 Å². The largest absolute Gasteiger partial charge is 0.398 e. The number of anilines is 1. The lowest BCUT2D eigenvalue weighted by molar-refractivity contribution is 0.457. The number of benzene rings is 1. The topological polar surface area (TPSA) is 72.2 Å². The van der Waals surface area contributed by atoms with Gasteiger partial charge >= 0.3 is 0 Å². The van der Waals surface area contributed by atoms with Crippen molar-refractivity contribution in [2.24, 2.45) is 16.7 Å². The van der Waals surface area contributed by atoms with E-state index in [1.165, 1.54) is 6.07 Å². The maximum Gasteiger partial charge on any atom is 0.242 e. The number of rotatable bonds is 4. The maximum absolute atomic E-state index is 12.3. The fourth-order valence-corrected chi connectivity index (χ4v) is 4.57. The Bertz CT molecular complexity index is 625. The van der Waals surface area contributed by atoms with Crippen LogP contribution in [0.3, 0.4) is 0 Å². The van der Waals surface area contributed by atoms with Crippen LogP contribution < -0.4 is 10.5 Å². The van der Waals surface area contributed by atoms with Gasteiger partial charge in [-0.3, -0.25) is 0 Å². The third-order valence-corrected chi connectivity index (χ3v) is 7.03. The predicted octanol–water partition coefficient (Wildman–Crippen LogP) is 2.99. The number of hydrogen-bond donors (Lipinski definition) is 2. The van der Waals surface area contributed by atoms with Crippen LogP contribution in [0.25, 0.3) is 0 Å². The normalized spacial score (nSPS) is 20.9. The summed E-state index contributed by atoms with van der Waals surface area (Å²) in [4.78, 5) is 0.128. The van der Waals surface area contributed by atoms with Crippen molar-refractivity contribution < 1.29 is 8.42 Å². The third kappa shape index (κ3) is 2.49. The molecule has 3 N–H and O–H groups in total. The molecule has 4 nitrogen and oxygen atoms in total. The van der Waals surface area contributed by atoms with Gasteiger partial charge in [-0.1, -0.05) is 43.6 Å². The number of nitrogens with two attached hydrogens (primary N) is 1. The quantitative estimate of drug-likeness (QED) is 0.810. The second-order valence-electron chi connectivity index (χ2n) is 6.53. The van der Waals surface area contributed by atoms with Crippen LogP contribution in [0.5, 0.6) is 0 Å². The molecular weight excluding hydrogens is 340 g/mol. The first kappa shape index (κ1) is 15.8. The van der Waals surface area contributed by atoms with E-state index in [0.29, 0.717) is 16.9 Å². The predicted molar refractivity (Wildman–Crippen MR) is 84.8 cm³/mol. The molecule has 0 amide bonds. The highest BCUT2D eigenvalue weighted by Crippen LogP contribution is 2.67. The summed E-state index contributed by atoms with van der Waals surface area (Å²) < 4.78 is 28.1. The molecule has 1 fully saturated rings. The lowest BCUT2D eigenvalue weighted by Crippen LogP contribution is -2.28. The van der Waals surface area contributed by atoms with Crippen molar-refractivity contribution >= 4 is 31.6 Å². The summed E-state index contributed by atoms with van der Waals surface area (Å²) in [7, 11) is -3.57. The molecule has 0 atom stereocenters. The van der Waals surface area contributed by atoms with Crippen LogP contribution in [0.15, 0.2) is 27.6 Å². The Morgan fingerprint density at radius 1 is 1.25 bits per heavy atom. The highest BCUT2D eigenvalue weighted by Gasteiger charge is 2.64. The van der Waals surface area contributed by atoms with Crippen molar-refractivity contribution in [2.45, 2.75) is 32.6 Å². The zero-order valence-electron chi connectivity index (χ0n) is 12.2. The molecule has 0 unspecified atom stereocenters. The summed E-state index contributed by atoms with van der Waals surface area (Å²) in [6, 6.07) is 4.84. The fourth-order valence-electron chi connectivity index (χ4n) is 2.86. The van der Waals surface area contributed by atoms with Gasteiger partial charge in [-0.05, 0) is 34.9 Å². The van der Waals surface area contributed by atoms with Gasteiger partial charge in [-0.2, -0.15) is 0 Å². The zero-order valence-corrected chi connectivity index (χ0v) is 14.6. The van der Waals surface area contributed by atoms with E-state index in [2.05, 4.69) is 48.3 Å². The van der Waals surface area contributed by atoms with Gasteiger partial charge in [0.1, 0.15) is 4.90 Å². The second-order valence-corrected chi connectivity index (χ2v) is 9.18. The van der Waals surface area contributed by atoms with Crippen molar-refractivity contribution in [3.8, 4) is 0 Å². The van der Waals surface area contributed by atoms with Crippen molar-refractivity contribution in [1.82, 2.24) is 4.72 Å². The molecule has 112 valence electrons. The molecule has 20 heavy (non-hydrogen) atoms. The number of hydrogen-bond acceptors (Lipinski definition) is 3. The summed E-state index contributed by atoms with van der Waals surface area (Å²) in [6.07, 6.45) is 0. The molecule has 0 heterocycles. The Morgan fingerprint density at radius 2 is 1.80 bits per heavy atom. The fraction of sp³-hybridized carbons (Fsp3) is 0.571. The molecule has 1 aliphatic rings. The number of halogens is 1. The van der Waals surface area contributed by atoms with Crippen LogP contribution in [-0.2, 0) is 10.0 Å². The minimum Gasteiger partial charge on any atom is -0.398 e. The van der Waals surface area contributed by atoms with Crippen molar-refractivity contribution in [2.75, 3.05) is 12.3 Å². The lowest BCUT2D eigenvalue weighted by Gasteiger charge is -2.10. The molecular formula is C14H21BrN2O2S. The molecule has 6 heteroatoms. The van der Waals surface area contributed by atoms with Gasteiger partial charge in [0, 0.05) is 11.0 Å². The zero-order chi connectivity index (χ0) is 15.3. The molecule has 2 rings (SSSR count). The average Bonchev–Trinajstić information content (AvgIpc) is 2.70. The van der Waals surface area contributed by atoms with Crippen LogP contribution in [-0.4, -0.2) is 15.0 Å². The van der Waals surface area contributed by atoms with Gasteiger partial charge in [-0.25, -0.2) is 13.1 Å². The Hall–Kier alpha value is -0.590. The van der Waals surface area contributed by atoms with Crippen molar-refractivity contribution in [1.29, 1.82) is 0 Å². The maximum atomic E-state index is 12.3. The molecule has 1 aromatic carbocycles. The SMILES string of the molecule is CC1(C)C(CNS(=O)(=O)c2cc(Br)ccc2N)C1(C)C. The lowest BCUT2D eigenvalue weighted by atomic mass is 10.0. The van der Waals surface area contributed by atoms with Crippen LogP contribution >= 0.6 is 15.9 Å². The van der Waals surface area contributed by atoms with Gasteiger partial charge in [0.05, 0.1) is 5.69 Å². The van der Waals surface area contributed by atoms with Crippen LogP contribution in [0, 0.1) is 16.7 Å². The summed E-state index contributed by atoms with van der Waals surface area (Å²) >= 11 is 3.27. The third-order valence-electron chi connectivity index (χ3n) is 5.06. The Labute approximate surface area is 129 Å². The van der Waals surface area contributed by atoms with E-state index in [-0.39, 0.29) is 21.4 Å². The van der Waals surface area contributed by atoms with Crippen molar-refractivity contribution in [3.63, 3.8) is 0 Å². The smallest absolute Gasteiger partial charge is 0.242 e. The van der Waals surface area contributed by atoms with E-state index in [9.17, 15) is 8.42 Å². The monoisotopic (exact) mass is 360 g/mol. The number of nitrogen functional groups attached to an aromatic ring is 1. The molecule has 0 spiro atoms. The Kier molecular flexibility index (Phi) is 3.72. The molecule has 0 saturated heterocycles. The van der Waals surface area contributed by atoms with Gasteiger partial charge in [-0.15, -0.1) is 0 Å². The Balaban J connectivity index is 2.16.